The summed E-state index contributed by atoms with van der Waals surface area (Å²) in [4.78, 5) is 13.3. The Bertz CT molecular complexity index is 312. The number of ether oxygens (including phenoxy) is 2. The van der Waals surface area contributed by atoms with Gasteiger partial charge in [0.05, 0.1) is 25.4 Å². The van der Waals surface area contributed by atoms with E-state index in [1.165, 1.54) is 0 Å². The van der Waals surface area contributed by atoms with Gasteiger partial charge < -0.3 is 19.7 Å². The topological polar surface area (TPSA) is 79.2 Å². The quantitative estimate of drug-likeness (QED) is 0.661. The number of carbonyl (C=O) groups is 1. The summed E-state index contributed by atoms with van der Waals surface area (Å²) in [5.41, 5.74) is 0. The summed E-state index contributed by atoms with van der Waals surface area (Å²) >= 11 is 0. The fourth-order valence-corrected chi connectivity index (χ4v) is 2.81. The number of hydrogen-bond acceptors (Lipinski definition) is 5. The molecule has 1 aliphatic heterocycles. The van der Waals surface area contributed by atoms with Crippen molar-refractivity contribution in [1.82, 2.24) is 4.90 Å². The number of hydrogen-bond donors (Lipinski definition) is 2. The van der Waals surface area contributed by atoms with Crippen molar-refractivity contribution in [3.8, 4) is 0 Å². The molecule has 124 valence electrons. The Labute approximate surface area is 127 Å². The van der Waals surface area contributed by atoms with Crippen molar-refractivity contribution in [2.75, 3.05) is 33.4 Å². The first kappa shape index (κ1) is 18.4. The molecule has 21 heavy (non-hydrogen) atoms. The Morgan fingerprint density at radius 2 is 2.14 bits per heavy atom. The molecule has 0 bridgehead atoms. The van der Waals surface area contributed by atoms with Gasteiger partial charge in [-0.1, -0.05) is 13.3 Å². The SMILES string of the molecule is CCC1CCN(CC(O)COC(C)COC)C(C(=O)O)C1. The second-order valence-corrected chi connectivity index (χ2v) is 5.90. The number of aliphatic hydroxyl groups excluding tert-OH is 1. The number of rotatable bonds is 9. The van der Waals surface area contributed by atoms with E-state index in [-0.39, 0.29) is 12.7 Å². The van der Waals surface area contributed by atoms with Crippen LogP contribution >= 0.6 is 0 Å². The average Bonchev–Trinajstić information content (AvgIpc) is 2.45. The molecule has 2 N–H and O–H groups in total. The van der Waals surface area contributed by atoms with Gasteiger partial charge in [0.2, 0.25) is 0 Å². The van der Waals surface area contributed by atoms with Crippen LogP contribution in [0, 0.1) is 5.92 Å². The summed E-state index contributed by atoms with van der Waals surface area (Å²) in [7, 11) is 1.60. The lowest BCUT2D eigenvalue weighted by Crippen LogP contribution is -2.50. The van der Waals surface area contributed by atoms with Gasteiger partial charge in [-0.15, -0.1) is 0 Å². The van der Waals surface area contributed by atoms with E-state index in [0.717, 1.165) is 19.4 Å². The van der Waals surface area contributed by atoms with E-state index in [1.54, 1.807) is 7.11 Å². The van der Waals surface area contributed by atoms with Crippen LogP contribution in [0.15, 0.2) is 0 Å². The van der Waals surface area contributed by atoms with E-state index in [1.807, 2.05) is 11.8 Å². The summed E-state index contributed by atoms with van der Waals surface area (Å²) in [5.74, 6) is -0.327. The van der Waals surface area contributed by atoms with E-state index in [0.29, 0.717) is 25.5 Å². The molecule has 4 unspecified atom stereocenters. The Morgan fingerprint density at radius 1 is 1.43 bits per heavy atom. The normalized spacial score (nSPS) is 26.5. The Hall–Kier alpha value is -0.690. The van der Waals surface area contributed by atoms with E-state index in [4.69, 9.17) is 9.47 Å². The molecule has 0 aromatic carbocycles. The maximum atomic E-state index is 11.4. The second-order valence-electron chi connectivity index (χ2n) is 5.90. The molecular formula is C15H29NO5. The predicted octanol–water partition coefficient (Wildman–Crippen LogP) is 0.974. The molecule has 1 rings (SSSR count). The highest BCUT2D eigenvalue weighted by molar-refractivity contribution is 5.73. The fraction of sp³-hybridized carbons (Fsp3) is 0.933. The van der Waals surface area contributed by atoms with Gasteiger partial charge in [-0.25, -0.2) is 0 Å². The van der Waals surface area contributed by atoms with Crippen LogP contribution in [0.4, 0.5) is 0 Å². The maximum Gasteiger partial charge on any atom is 0.320 e. The molecule has 1 saturated heterocycles. The lowest BCUT2D eigenvalue weighted by Gasteiger charge is -2.37. The molecule has 6 nitrogen and oxygen atoms in total. The highest BCUT2D eigenvalue weighted by atomic mass is 16.5. The van der Waals surface area contributed by atoms with Crippen molar-refractivity contribution in [3.63, 3.8) is 0 Å². The van der Waals surface area contributed by atoms with Gasteiger partial charge in [0.25, 0.3) is 0 Å². The molecule has 4 atom stereocenters. The molecule has 0 radical (unpaired) electrons. The van der Waals surface area contributed by atoms with Crippen molar-refractivity contribution in [2.45, 2.75) is 51.4 Å². The third kappa shape index (κ3) is 6.30. The lowest BCUT2D eigenvalue weighted by molar-refractivity contribution is -0.146. The first-order valence-corrected chi connectivity index (χ1v) is 7.73. The Morgan fingerprint density at radius 3 is 2.71 bits per heavy atom. The molecular weight excluding hydrogens is 274 g/mol. The van der Waals surface area contributed by atoms with Gasteiger partial charge in [0.15, 0.2) is 0 Å². The van der Waals surface area contributed by atoms with Crippen LogP contribution in [-0.2, 0) is 14.3 Å². The number of carboxylic acids is 1. The minimum Gasteiger partial charge on any atom is -0.480 e. The van der Waals surface area contributed by atoms with Crippen LogP contribution in [0.3, 0.4) is 0 Å². The summed E-state index contributed by atoms with van der Waals surface area (Å²) in [6, 6.07) is -0.491. The number of methoxy groups -OCH3 is 1. The maximum absolute atomic E-state index is 11.4. The van der Waals surface area contributed by atoms with Gasteiger partial charge in [-0.2, -0.15) is 0 Å². The molecule has 0 saturated carbocycles. The Balaban J connectivity index is 2.42. The van der Waals surface area contributed by atoms with Crippen molar-refractivity contribution < 1.29 is 24.5 Å². The molecule has 1 heterocycles. The molecule has 0 aromatic heterocycles. The Kier molecular flexibility index (Phi) is 8.18. The van der Waals surface area contributed by atoms with E-state index in [9.17, 15) is 15.0 Å². The largest absolute Gasteiger partial charge is 0.480 e. The van der Waals surface area contributed by atoms with Crippen LogP contribution in [0.25, 0.3) is 0 Å². The van der Waals surface area contributed by atoms with Crippen LogP contribution in [0.2, 0.25) is 0 Å². The molecule has 6 heteroatoms. The van der Waals surface area contributed by atoms with E-state index < -0.39 is 18.1 Å². The predicted molar refractivity (Wildman–Crippen MR) is 79.3 cm³/mol. The van der Waals surface area contributed by atoms with Gasteiger partial charge >= 0.3 is 5.97 Å². The van der Waals surface area contributed by atoms with Crippen LogP contribution < -0.4 is 0 Å². The highest BCUT2D eigenvalue weighted by Crippen LogP contribution is 2.25. The number of aliphatic carboxylic acids is 1. The number of likely N-dealkylation sites (tertiary alicyclic amines) is 1. The minimum absolute atomic E-state index is 0.0780. The third-order valence-corrected chi connectivity index (χ3v) is 4.10. The van der Waals surface area contributed by atoms with Crippen molar-refractivity contribution >= 4 is 5.97 Å². The minimum atomic E-state index is -0.797. The number of carboxylic acid groups (broad SMARTS) is 1. The van der Waals surface area contributed by atoms with Gasteiger partial charge in [-0.05, 0) is 32.2 Å². The van der Waals surface area contributed by atoms with Crippen LogP contribution in [-0.4, -0.2) is 72.7 Å². The number of β-amino-alcohol motifs (C(OH)–C–C–N with tert-alkyl or cyclic N) is 1. The zero-order valence-electron chi connectivity index (χ0n) is 13.3. The summed E-state index contributed by atoms with van der Waals surface area (Å²) in [6.07, 6.45) is 1.92. The summed E-state index contributed by atoms with van der Waals surface area (Å²) in [5, 5.41) is 19.4. The number of piperidine rings is 1. The van der Waals surface area contributed by atoms with Gasteiger partial charge in [-0.3, -0.25) is 9.69 Å². The standard InChI is InChI=1S/C15H29NO5/c1-4-12-5-6-16(14(7-12)15(18)19)8-13(17)10-21-11(2)9-20-3/h11-14,17H,4-10H2,1-3H3,(H,18,19). The molecule has 0 spiro atoms. The first-order chi connectivity index (χ1) is 9.97. The zero-order chi connectivity index (χ0) is 15.8. The van der Waals surface area contributed by atoms with Gasteiger partial charge in [0.1, 0.15) is 6.04 Å². The van der Waals surface area contributed by atoms with Gasteiger partial charge in [0, 0.05) is 13.7 Å². The molecule has 1 fully saturated rings. The monoisotopic (exact) mass is 303 g/mol. The summed E-state index contributed by atoms with van der Waals surface area (Å²) < 4.78 is 10.4. The highest BCUT2D eigenvalue weighted by Gasteiger charge is 2.33. The summed E-state index contributed by atoms with van der Waals surface area (Å²) in [6.45, 7) is 5.71. The van der Waals surface area contributed by atoms with Crippen LogP contribution in [0.1, 0.15) is 33.1 Å². The van der Waals surface area contributed by atoms with Crippen molar-refractivity contribution in [3.05, 3.63) is 0 Å². The molecule has 1 aliphatic rings. The number of nitrogens with zero attached hydrogens (tertiary/aromatic N) is 1. The second kappa shape index (κ2) is 9.35. The number of aliphatic hydroxyl groups is 1. The van der Waals surface area contributed by atoms with Crippen molar-refractivity contribution in [1.29, 1.82) is 0 Å². The average molecular weight is 303 g/mol. The van der Waals surface area contributed by atoms with E-state index >= 15 is 0 Å². The van der Waals surface area contributed by atoms with Crippen LogP contribution in [0.5, 0.6) is 0 Å². The van der Waals surface area contributed by atoms with Crippen molar-refractivity contribution in [2.24, 2.45) is 5.92 Å². The molecule has 0 aliphatic carbocycles. The zero-order valence-corrected chi connectivity index (χ0v) is 13.3. The van der Waals surface area contributed by atoms with E-state index in [2.05, 4.69) is 6.92 Å². The molecule has 0 aromatic rings. The third-order valence-electron chi connectivity index (χ3n) is 4.10. The molecule has 0 amide bonds. The fourth-order valence-electron chi connectivity index (χ4n) is 2.81. The smallest absolute Gasteiger partial charge is 0.320 e. The lowest BCUT2D eigenvalue weighted by atomic mass is 9.88. The first-order valence-electron chi connectivity index (χ1n) is 7.73.